The Morgan fingerprint density at radius 2 is 1.80 bits per heavy atom. The monoisotopic (exact) mass is 379 g/mol. The summed E-state index contributed by atoms with van der Waals surface area (Å²) in [6.07, 6.45) is 0. The van der Waals surface area contributed by atoms with Crippen LogP contribution >= 0.6 is 39.1 Å². The second-order valence-corrected chi connectivity index (χ2v) is 5.44. The lowest BCUT2D eigenvalue weighted by Crippen LogP contribution is -2.13. The maximum Gasteiger partial charge on any atom is 0.256 e. The first-order valence-electron chi connectivity index (χ1n) is 5.30. The molecule has 0 radical (unpaired) electrons. The van der Waals surface area contributed by atoms with E-state index in [1.807, 2.05) is 0 Å². The highest BCUT2D eigenvalue weighted by molar-refractivity contribution is 9.10. The number of hydrogen-bond acceptors (Lipinski definition) is 1. The molecule has 0 fully saturated rings. The van der Waals surface area contributed by atoms with Crippen LogP contribution in [0, 0.1) is 11.6 Å². The zero-order valence-corrected chi connectivity index (χ0v) is 12.8. The SMILES string of the molecule is O=C(Nc1cccc(Cl)c1Cl)c1cc(F)c(F)cc1Br. The Balaban J connectivity index is 2.33. The van der Waals surface area contributed by atoms with Crippen LogP contribution in [0.1, 0.15) is 10.4 Å². The molecule has 0 bridgehead atoms. The molecule has 2 rings (SSSR count). The van der Waals surface area contributed by atoms with Crippen LogP contribution in [0.5, 0.6) is 0 Å². The van der Waals surface area contributed by atoms with E-state index >= 15 is 0 Å². The molecule has 20 heavy (non-hydrogen) atoms. The van der Waals surface area contributed by atoms with Crippen molar-refractivity contribution >= 4 is 50.7 Å². The number of halogens is 5. The maximum absolute atomic E-state index is 13.2. The Labute approximate surface area is 131 Å². The summed E-state index contributed by atoms with van der Waals surface area (Å²) in [6.45, 7) is 0. The van der Waals surface area contributed by atoms with E-state index in [-0.39, 0.29) is 25.8 Å². The minimum atomic E-state index is -1.12. The van der Waals surface area contributed by atoms with E-state index in [0.717, 1.165) is 12.1 Å². The fourth-order valence-corrected chi connectivity index (χ4v) is 2.33. The van der Waals surface area contributed by atoms with Crippen LogP contribution in [-0.2, 0) is 0 Å². The minimum Gasteiger partial charge on any atom is -0.321 e. The molecule has 0 unspecified atom stereocenters. The first-order chi connectivity index (χ1) is 9.40. The van der Waals surface area contributed by atoms with Crippen molar-refractivity contribution in [2.24, 2.45) is 0 Å². The van der Waals surface area contributed by atoms with Crippen molar-refractivity contribution in [2.45, 2.75) is 0 Å². The van der Waals surface area contributed by atoms with Gasteiger partial charge in [-0.15, -0.1) is 0 Å². The first-order valence-corrected chi connectivity index (χ1v) is 6.85. The van der Waals surface area contributed by atoms with Gasteiger partial charge in [0.25, 0.3) is 5.91 Å². The van der Waals surface area contributed by atoms with Gasteiger partial charge in [-0.2, -0.15) is 0 Å². The fraction of sp³-hybridized carbons (Fsp3) is 0. The van der Waals surface area contributed by atoms with Crippen LogP contribution in [0.15, 0.2) is 34.8 Å². The van der Waals surface area contributed by atoms with Crippen molar-refractivity contribution in [1.82, 2.24) is 0 Å². The van der Waals surface area contributed by atoms with E-state index in [4.69, 9.17) is 23.2 Å². The molecule has 1 amide bonds. The molecule has 7 heteroatoms. The molecule has 0 aromatic heterocycles. The third kappa shape index (κ3) is 3.11. The number of benzene rings is 2. The lowest BCUT2D eigenvalue weighted by molar-refractivity contribution is 0.102. The number of carbonyl (C=O) groups excluding carboxylic acids is 1. The number of amides is 1. The fourth-order valence-electron chi connectivity index (χ4n) is 1.49. The maximum atomic E-state index is 13.2. The quantitative estimate of drug-likeness (QED) is 0.705. The molecule has 0 aliphatic heterocycles. The third-order valence-corrected chi connectivity index (χ3v) is 3.93. The van der Waals surface area contributed by atoms with Crippen LogP contribution in [0.3, 0.4) is 0 Å². The van der Waals surface area contributed by atoms with Gasteiger partial charge in [0.1, 0.15) is 0 Å². The number of rotatable bonds is 2. The topological polar surface area (TPSA) is 29.1 Å². The smallest absolute Gasteiger partial charge is 0.256 e. The summed E-state index contributed by atoms with van der Waals surface area (Å²) >= 11 is 14.7. The zero-order chi connectivity index (χ0) is 14.9. The highest BCUT2D eigenvalue weighted by Crippen LogP contribution is 2.30. The Morgan fingerprint density at radius 1 is 1.15 bits per heavy atom. The summed E-state index contributed by atoms with van der Waals surface area (Å²) in [5.74, 6) is -2.80. The van der Waals surface area contributed by atoms with E-state index in [0.29, 0.717) is 0 Å². The van der Waals surface area contributed by atoms with Crippen molar-refractivity contribution in [3.63, 3.8) is 0 Å². The van der Waals surface area contributed by atoms with Crippen LogP contribution in [-0.4, -0.2) is 5.91 Å². The number of anilines is 1. The van der Waals surface area contributed by atoms with Crippen molar-refractivity contribution in [2.75, 3.05) is 5.32 Å². The molecule has 0 aliphatic rings. The molecule has 0 aliphatic carbocycles. The van der Waals surface area contributed by atoms with Crippen molar-refractivity contribution in [3.8, 4) is 0 Å². The van der Waals surface area contributed by atoms with Crippen LogP contribution in [0.25, 0.3) is 0 Å². The van der Waals surface area contributed by atoms with Crippen LogP contribution in [0.2, 0.25) is 10.0 Å². The van der Waals surface area contributed by atoms with Gasteiger partial charge in [0.2, 0.25) is 0 Å². The Morgan fingerprint density at radius 3 is 2.50 bits per heavy atom. The van der Waals surface area contributed by atoms with Gasteiger partial charge in [0, 0.05) is 4.47 Å². The van der Waals surface area contributed by atoms with Gasteiger partial charge in [-0.05, 0) is 40.2 Å². The molecular weight excluding hydrogens is 375 g/mol. The Hall–Kier alpha value is -1.17. The average Bonchev–Trinajstić information content (AvgIpc) is 2.39. The molecule has 2 aromatic carbocycles. The molecule has 1 N–H and O–H groups in total. The standard InChI is InChI=1S/C13H6BrCl2F2NO/c14-7-5-10(18)9(17)4-6(7)13(20)19-11-3-1-2-8(15)12(11)16/h1-5H,(H,19,20). The summed E-state index contributed by atoms with van der Waals surface area (Å²) in [4.78, 5) is 12.0. The normalized spacial score (nSPS) is 10.4. The van der Waals surface area contributed by atoms with E-state index < -0.39 is 17.5 Å². The highest BCUT2D eigenvalue weighted by atomic mass is 79.9. The summed E-state index contributed by atoms with van der Waals surface area (Å²) in [5.41, 5.74) is 0.223. The van der Waals surface area contributed by atoms with E-state index in [1.54, 1.807) is 18.2 Å². The number of nitrogens with one attached hydrogen (secondary N) is 1. The van der Waals surface area contributed by atoms with Gasteiger partial charge in [-0.1, -0.05) is 29.3 Å². The predicted molar refractivity (Wildman–Crippen MR) is 78.5 cm³/mol. The van der Waals surface area contributed by atoms with Crippen molar-refractivity contribution in [1.29, 1.82) is 0 Å². The van der Waals surface area contributed by atoms with Gasteiger partial charge in [-0.3, -0.25) is 4.79 Å². The molecule has 0 spiro atoms. The zero-order valence-electron chi connectivity index (χ0n) is 9.68. The van der Waals surface area contributed by atoms with E-state index in [2.05, 4.69) is 21.2 Å². The van der Waals surface area contributed by atoms with Gasteiger partial charge in [0.15, 0.2) is 11.6 Å². The second-order valence-electron chi connectivity index (χ2n) is 3.80. The predicted octanol–water partition coefficient (Wildman–Crippen LogP) is 5.29. The van der Waals surface area contributed by atoms with Crippen LogP contribution < -0.4 is 5.32 Å². The Bertz CT molecular complexity index is 694. The van der Waals surface area contributed by atoms with E-state index in [1.165, 1.54) is 0 Å². The highest BCUT2D eigenvalue weighted by Gasteiger charge is 2.16. The molecule has 0 saturated carbocycles. The molecule has 0 saturated heterocycles. The molecule has 2 aromatic rings. The first kappa shape index (κ1) is 15.2. The van der Waals surface area contributed by atoms with Gasteiger partial charge in [-0.25, -0.2) is 8.78 Å². The third-order valence-electron chi connectivity index (χ3n) is 2.45. The number of carbonyl (C=O) groups is 1. The lowest BCUT2D eigenvalue weighted by atomic mass is 10.2. The number of hydrogen-bond donors (Lipinski definition) is 1. The molecule has 2 nitrogen and oxygen atoms in total. The van der Waals surface area contributed by atoms with Gasteiger partial charge < -0.3 is 5.32 Å². The Kier molecular flexibility index (Phi) is 4.62. The van der Waals surface area contributed by atoms with E-state index in [9.17, 15) is 13.6 Å². The summed E-state index contributed by atoms with van der Waals surface area (Å²) in [6, 6.07) is 6.38. The lowest BCUT2D eigenvalue weighted by Gasteiger charge is -2.09. The minimum absolute atomic E-state index is 0.0556. The largest absolute Gasteiger partial charge is 0.321 e. The molecular formula is C13H6BrCl2F2NO. The summed E-state index contributed by atoms with van der Waals surface area (Å²) in [5, 5.41) is 2.92. The van der Waals surface area contributed by atoms with Gasteiger partial charge in [0.05, 0.1) is 21.3 Å². The molecule has 0 heterocycles. The van der Waals surface area contributed by atoms with Crippen molar-refractivity contribution in [3.05, 3.63) is 62.0 Å². The molecule has 104 valence electrons. The van der Waals surface area contributed by atoms with Gasteiger partial charge >= 0.3 is 0 Å². The van der Waals surface area contributed by atoms with Crippen molar-refractivity contribution < 1.29 is 13.6 Å². The average molecular weight is 381 g/mol. The van der Waals surface area contributed by atoms with Crippen LogP contribution in [0.4, 0.5) is 14.5 Å². The second kappa shape index (κ2) is 6.08. The summed E-state index contributed by atoms with van der Waals surface area (Å²) in [7, 11) is 0. The summed E-state index contributed by atoms with van der Waals surface area (Å²) < 4.78 is 26.3. The molecule has 0 atom stereocenters.